The van der Waals surface area contributed by atoms with Gasteiger partial charge in [0.05, 0.1) is 0 Å². The second-order valence-corrected chi connectivity index (χ2v) is 6.57. The lowest BCUT2D eigenvalue weighted by Crippen LogP contribution is -2.07. The van der Waals surface area contributed by atoms with Crippen molar-refractivity contribution in [3.63, 3.8) is 0 Å². The van der Waals surface area contributed by atoms with Gasteiger partial charge in [0.2, 0.25) is 0 Å². The minimum absolute atomic E-state index is 0.230. The van der Waals surface area contributed by atoms with Gasteiger partial charge >= 0.3 is 0 Å². The monoisotopic (exact) mass is 299 g/mol. The van der Waals surface area contributed by atoms with Crippen LogP contribution >= 0.6 is 10.7 Å². The molecule has 0 saturated heterocycles. The first-order chi connectivity index (χ1) is 9.04. The van der Waals surface area contributed by atoms with Gasteiger partial charge < -0.3 is 0 Å². The SMILES string of the molecule is CCCCc1nnc(S(=O)(=O)Cl)n1-c1ccccc1. The molecular formula is C12H14ClN3O2S. The first kappa shape index (κ1) is 14.0. The highest BCUT2D eigenvalue weighted by Gasteiger charge is 2.23. The molecule has 1 aromatic carbocycles. The lowest BCUT2D eigenvalue weighted by Gasteiger charge is -2.08. The van der Waals surface area contributed by atoms with Gasteiger partial charge in [-0.3, -0.25) is 4.57 Å². The summed E-state index contributed by atoms with van der Waals surface area (Å²) in [6.45, 7) is 2.06. The smallest absolute Gasteiger partial charge is 0.269 e. The van der Waals surface area contributed by atoms with E-state index in [9.17, 15) is 8.42 Å². The molecular weight excluding hydrogens is 286 g/mol. The van der Waals surface area contributed by atoms with E-state index in [1.54, 1.807) is 12.1 Å². The molecule has 0 amide bonds. The van der Waals surface area contributed by atoms with Gasteiger partial charge in [-0.25, -0.2) is 8.42 Å². The van der Waals surface area contributed by atoms with Gasteiger partial charge in [-0.2, -0.15) is 0 Å². The summed E-state index contributed by atoms with van der Waals surface area (Å²) in [7, 11) is 1.49. The molecule has 0 saturated carbocycles. The van der Waals surface area contributed by atoms with Crippen LogP contribution < -0.4 is 0 Å². The molecule has 0 fully saturated rings. The van der Waals surface area contributed by atoms with E-state index in [2.05, 4.69) is 17.1 Å². The normalized spacial score (nSPS) is 11.7. The Kier molecular flexibility index (Phi) is 4.21. The standard InChI is InChI=1S/C12H14ClN3O2S/c1-2-3-9-11-14-15-12(19(13,17)18)16(11)10-7-5-4-6-8-10/h4-8H,2-3,9H2,1H3. The molecule has 1 aromatic heterocycles. The zero-order valence-corrected chi connectivity index (χ0v) is 12.0. The van der Waals surface area contributed by atoms with Crippen LogP contribution in [0.2, 0.25) is 0 Å². The molecule has 0 bridgehead atoms. The van der Waals surface area contributed by atoms with Crippen molar-refractivity contribution in [2.45, 2.75) is 31.3 Å². The van der Waals surface area contributed by atoms with E-state index in [0.29, 0.717) is 17.9 Å². The van der Waals surface area contributed by atoms with Crippen LogP contribution in [0.25, 0.3) is 5.69 Å². The molecule has 0 N–H and O–H groups in total. The third-order valence-corrected chi connectivity index (χ3v) is 3.80. The third kappa shape index (κ3) is 3.13. The highest BCUT2D eigenvalue weighted by molar-refractivity contribution is 8.13. The molecule has 0 aliphatic rings. The fourth-order valence-electron chi connectivity index (χ4n) is 1.79. The molecule has 5 nitrogen and oxygen atoms in total. The number of aryl methyl sites for hydroxylation is 1. The van der Waals surface area contributed by atoms with Crippen LogP contribution in [0.5, 0.6) is 0 Å². The Morgan fingerprint density at radius 1 is 1.21 bits per heavy atom. The van der Waals surface area contributed by atoms with Gasteiger partial charge in [-0.15, -0.1) is 10.2 Å². The fourth-order valence-corrected chi connectivity index (χ4v) is 2.66. The number of hydrogen-bond donors (Lipinski definition) is 0. The number of rotatable bonds is 5. The van der Waals surface area contributed by atoms with Crippen LogP contribution in [0.1, 0.15) is 25.6 Å². The molecule has 0 radical (unpaired) electrons. The number of para-hydroxylation sites is 1. The summed E-state index contributed by atoms with van der Waals surface area (Å²) in [6.07, 6.45) is 2.56. The summed E-state index contributed by atoms with van der Waals surface area (Å²) in [6, 6.07) is 9.09. The van der Waals surface area contributed by atoms with Crippen molar-refractivity contribution < 1.29 is 8.42 Å². The number of benzene rings is 1. The lowest BCUT2D eigenvalue weighted by molar-refractivity contribution is 0.596. The number of aromatic nitrogens is 3. The largest absolute Gasteiger partial charge is 0.297 e. The van der Waals surface area contributed by atoms with E-state index in [0.717, 1.165) is 12.8 Å². The number of nitrogens with zero attached hydrogens (tertiary/aromatic N) is 3. The second kappa shape index (κ2) is 5.71. The number of hydrogen-bond acceptors (Lipinski definition) is 4. The van der Waals surface area contributed by atoms with Crippen LogP contribution in [-0.4, -0.2) is 23.2 Å². The van der Waals surface area contributed by atoms with Crippen LogP contribution in [-0.2, 0) is 15.5 Å². The van der Waals surface area contributed by atoms with Crippen molar-refractivity contribution >= 4 is 19.7 Å². The van der Waals surface area contributed by atoms with Crippen molar-refractivity contribution in [1.82, 2.24) is 14.8 Å². The molecule has 1 heterocycles. The minimum atomic E-state index is -3.92. The van der Waals surface area contributed by atoms with Crippen LogP contribution in [0.3, 0.4) is 0 Å². The molecule has 102 valence electrons. The van der Waals surface area contributed by atoms with Gasteiger partial charge in [-0.05, 0) is 18.6 Å². The van der Waals surface area contributed by atoms with Crippen molar-refractivity contribution in [3.8, 4) is 5.69 Å². The molecule has 19 heavy (non-hydrogen) atoms. The predicted octanol–water partition coefficient (Wildman–Crippen LogP) is 2.54. The molecule has 2 rings (SSSR count). The second-order valence-electron chi connectivity index (χ2n) is 4.11. The Balaban J connectivity index is 2.57. The molecule has 0 aliphatic carbocycles. The molecule has 0 aliphatic heterocycles. The third-order valence-electron chi connectivity index (χ3n) is 2.69. The summed E-state index contributed by atoms with van der Waals surface area (Å²) in [4.78, 5) is 0. The Morgan fingerprint density at radius 3 is 2.47 bits per heavy atom. The van der Waals surface area contributed by atoms with E-state index in [4.69, 9.17) is 10.7 Å². The zero-order chi connectivity index (χ0) is 13.9. The fraction of sp³-hybridized carbons (Fsp3) is 0.333. The summed E-state index contributed by atoms with van der Waals surface area (Å²) >= 11 is 0. The highest BCUT2D eigenvalue weighted by atomic mass is 35.7. The van der Waals surface area contributed by atoms with Crippen LogP contribution in [0.4, 0.5) is 0 Å². The van der Waals surface area contributed by atoms with Gasteiger partial charge in [-0.1, -0.05) is 31.5 Å². The van der Waals surface area contributed by atoms with Crippen LogP contribution in [0, 0.1) is 0 Å². The predicted molar refractivity (Wildman–Crippen MR) is 73.0 cm³/mol. The number of unbranched alkanes of at least 4 members (excludes halogenated alkanes) is 1. The molecule has 2 aromatic rings. The average Bonchev–Trinajstić information content (AvgIpc) is 2.81. The summed E-state index contributed by atoms with van der Waals surface area (Å²) in [5.74, 6) is 0.604. The number of halogens is 1. The van der Waals surface area contributed by atoms with Crippen molar-refractivity contribution in [2.24, 2.45) is 0 Å². The first-order valence-electron chi connectivity index (χ1n) is 5.98. The highest BCUT2D eigenvalue weighted by Crippen LogP contribution is 2.20. The van der Waals surface area contributed by atoms with Gasteiger partial charge in [0.1, 0.15) is 5.82 Å². The molecule has 0 spiro atoms. The maximum Gasteiger partial charge on any atom is 0.297 e. The Morgan fingerprint density at radius 2 is 1.89 bits per heavy atom. The summed E-state index contributed by atoms with van der Waals surface area (Å²) in [5, 5.41) is 7.43. The molecule has 0 atom stereocenters. The van der Waals surface area contributed by atoms with E-state index in [-0.39, 0.29) is 5.16 Å². The topological polar surface area (TPSA) is 64.8 Å². The molecule has 7 heteroatoms. The van der Waals surface area contributed by atoms with E-state index < -0.39 is 9.05 Å². The summed E-state index contributed by atoms with van der Waals surface area (Å²) < 4.78 is 24.6. The van der Waals surface area contributed by atoms with Gasteiger partial charge in [0, 0.05) is 22.8 Å². The van der Waals surface area contributed by atoms with E-state index in [1.807, 2.05) is 18.2 Å². The van der Waals surface area contributed by atoms with E-state index in [1.165, 1.54) is 4.57 Å². The Bertz CT molecular complexity index is 653. The molecule has 0 unspecified atom stereocenters. The average molecular weight is 300 g/mol. The first-order valence-corrected chi connectivity index (χ1v) is 8.29. The maximum absolute atomic E-state index is 11.6. The van der Waals surface area contributed by atoms with Crippen molar-refractivity contribution in [3.05, 3.63) is 36.2 Å². The van der Waals surface area contributed by atoms with Gasteiger partial charge in [0.25, 0.3) is 14.2 Å². The van der Waals surface area contributed by atoms with Crippen molar-refractivity contribution in [1.29, 1.82) is 0 Å². The lowest BCUT2D eigenvalue weighted by atomic mass is 10.2. The van der Waals surface area contributed by atoms with Crippen molar-refractivity contribution in [2.75, 3.05) is 0 Å². The summed E-state index contributed by atoms with van der Waals surface area (Å²) in [5.41, 5.74) is 0.692. The Hall–Kier alpha value is -1.40. The Labute approximate surface area is 116 Å². The quantitative estimate of drug-likeness (QED) is 0.796. The van der Waals surface area contributed by atoms with E-state index >= 15 is 0 Å². The minimum Gasteiger partial charge on any atom is -0.269 e. The van der Waals surface area contributed by atoms with Crippen LogP contribution in [0.15, 0.2) is 35.5 Å². The zero-order valence-electron chi connectivity index (χ0n) is 10.5. The maximum atomic E-state index is 11.6. The van der Waals surface area contributed by atoms with Gasteiger partial charge in [0.15, 0.2) is 0 Å².